The van der Waals surface area contributed by atoms with Crippen LogP contribution >= 0.6 is 0 Å². The van der Waals surface area contributed by atoms with Crippen molar-refractivity contribution in [2.75, 3.05) is 13.7 Å². The number of nitrogens with one attached hydrogen (secondary N) is 1. The van der Waals surface area contributed by atoms with Crippen LogP contribution in [0.1, 0.15) is 61.9 Å². The smallest absolute Gasteiger partial charge is 0.373 e. The Bertz CT molecular complexity index is 433. The first-order valence-electron chi connectivity index (χ1n) is 7.57. The highest BCUT2D eigenvalue weighted by Crippen LogP contribution is 2.37. The zero-order chi connectivity index (χ0) is 14.5. The molecule has 4 heteroatoms. The fraction of sp³-hybridized carbons (Fsp3) is 0.688. The van der Waals surface area contributed by atoms with Crippen molar-refractivity contribution in [1.29, 1.82) is 0 Å². The van der Waals surface area contributed by atoms with Gasteiger partial charge in [-0.3, -0.25) is 0 Å². The summed E-state index contributed by atoms with van der Waals surface area (Å²) in [5.41, 5.74) is 0. The van der Waals surface area contributed by atoms with Gasteiger partial charge in [0.15, 0.2) is 0 Å². The van der Waals surface area contributed by atoms with Crippen LogP contribution < -0.4 is 5.32 Å². The van der Waals surface area contributed by atoms with Gasteiger partial charge in [-0.25, -0.2) is 4.79 Å². The van der Waals surface area contributed by atoms with Crippen LogP contribution in [0.4, 0.5) is 0 Å². The molecule has 1 N–H and O–H groups in total. The second-order valence-electron chi connectivity index (χ2n) is 5.75. The summed E-state index contributed by atoms with van der Waals surface area (Å²) in [4.78, 5) is 11.5. The predicted molar refractivity (Wildman–Crippen MR) is 77.6 cm³/mol. The molecule has 20 heavy (non-hydrogen) atoms. The van der Waals surface area contributed by atoms with Crippen molar-refractivity contribution in [2.24, 2.45) is 11.8 Å². The number of carbonyl (C=O) groups excluding carboxylic acids is 1. The number of furan rings is 1. The van der Waals surface area contributed by atoms with E-state index in [1.54, 1.807) is 6.07 Å². The Morgan fingerprint density at radius 3 is 2.70 bits per heavy atom. The number of hydrogen-bond acceptors (Lipinski definition) is 4. The Morgan fingerprint density at radius 2 is 2.10 bits per heavy atom. The molecule has 0 amide bonds. The lowest BCUT2D eigenvalue weighted by atomic mass is 9.78. The summed E-state index contributed by atoms with van der Waals surface area (Å²) in [6.45, 7) is 5.31. The van der Waals surface area contributed by atoms with Crippen LogP contribution in [-0.4, -0.2) is 19.6 Å². The molecule has 1 aliphatic rings. The number of carbonyl (C=O) groups is 1. The van der Waals surface area contributed by atoms with E-state index in [4.69, 9.17) is 9.15 Å². The molecule has 0 radical (unpaired) electrons. The van der Waals surface area contributed by atoms with Gasteiger partial charge in [-0.1, -0.05) is 26.7 Å². The largest absolute Gasteiger partial charge is 0.463 e. The van der Waals surface area contributed by atoms with Gasteiger partial charge < -0.3 is 14.5 Å². The Morgan fingerprint density at radius 1 is 1.40 bits per heavy atom. The molecule has 4 nitrogen and oxygen atoms in total. The molecule has 1 saturated carbocycles. The lowest BCUT2D eigenvalue weighted by Gasteiger charge is -2.32. The van der Waals surface area contributed by atoms with E-state index in [0.29, 0.717) is 5.92 Å². The molecule has 1 aromatic heterocycles. The summed E-state index contributed by atoms with van der Waals surface area (Å²) in [7, 11) is 1.37. The second kappa shape index (κ2) is 6.93. The second-order valence-corrected chi connectivity index (χ2v) is 5.75. The number of methoxy groups -OCH3 is 1. The van der Waals surface area contributed by atoms with Gasteiger partial charge in [-0.15, -0.1) is 0 Å². The summed E-state index contributed by atoms with van der Waals surface area (Å²) in [5, 5.41) is 3.51. The van der Waals surface area contributed by atoms with Gasteiger partial charge in [-0.05, 0) is 43.4 Å². The van der Waals surface area contributed by atoms with E-state index in [1.807, 2.05) is 6.07 Å². The summed E-state index contributed by atoms with van der Waals surface area (Å²) >= 11 is 0. The highest BCUT2D eigenvalue weighted by molar-refractivity contribution is 5.86. The van der Waals surface area contributed by atoms with Gasteiger partial charge in [0.05, 0.1) is 13.2 Å². The van der Waals surface area contributed by atoms with Crippen LogP contribution in [0.5, 0.6) is 0 Å². The number of rotatable bonds is 5. The molecule has 0 bridgehead atoms. The minimum Gasteiger partial charge on any atom is -0.463 e. The Hall–Kier alpha value is -1.29. The van der Waals surface area contributed by atoms with Gasteiger partial charge in [0, 0.05) is 0 Å². The van der Waals surface area contributed by atoms with Gasteiger partial charge in [-0.2, -0.15) is 0 Å². The molecular weight excluding hydrogens is 254 g/mol. The third kappa shape index (κ3) is 3.42. The Kier molecular flexibility index (Phi) is 5.24. The fourth-order valence-corrected chi connectivity index (χ4v) is 3.07. The maximum atomic E-state index is 11.5. The summed E-state index contributed by atoms with van der Waals surface area (Å²) in [6, 6.07) is 3.81. The Labute approximate surface area is 120 Å². The standard InChI is InChI=1S/C16H25NO3/c1-4-17-15(12-7-5-11(2)6-8-12)13-9-10-14(20-13)16(18)19-3/h9-12,15,17H,4-8H2,1-3H3. The van der Waals surface area contributed by atoms with Gasteiger partial charge in [0.2, 0.25) is 5.76 Å². The molecule has 0 spiro atoms. The van der Waals surface area contributed by atoms with Crippen LogP contribution in [0.2, 0.25) is 0 Å². The van der Waals surface area contributed by atoms with Gasteiger partial charge >= 0.3 is 5.97 Å². The van der Waals surface area contributed by atoms with E-state index < -0.39 is 5.97 Å². The monoisotopic (exact) mass is 279 g/mol. The first-order valence-corrected chi connectivity index (χ1v) is 7.57. The van der Waals surface area contributed by atoms with Crippen LogP contribution in [-0.2, 0) is 4.74 Å². The lowest BCUT2D eigenvalue weighted by molar-refractivity contribution is 0.0560. The maximum absolute atomic E-state index is 11.5. The maximum Gasteiger partial charge on any atom is 0.373 e. The Balaban J connectivity index is 2.11. The molecule has 1 aromatic rings. The molecular formula is C16H25NO3. The topological polar surface area (TPSA) is 51.5 Å². The normalized spacial score (nSPS) is 24.4. The average Bonchev–Trinajstić information content (AvgIpc) is 2.94. The van der Waals surface area contributed by atoms with Crippen LogP contribution in [0.25, 0.3) is 0 Å². The highest BCUT2D eigenvalue weighted by Gasteiger charge is 2.29. The van der Waals surface area contributed by atoms with Crippen molar-refractivity contribution in [1.82, 2.24) is 5.32 Å². The first-order chi connectivity index (χ1) is 9.65. The predicted octanol–water partition coefficient (Wildman–Crippen LogP) is 3.54. The van der Waals surface area contributed by atoms with Gasteiger partial charge in [0.25, 0.3) is 0 Å². The number of hydrogen-bond donors (Lipinski definition) is 1. The highest BCUT2D eigenvalue weighted by atomic mass is 16.5. The van der Waals surface area contributed by atoms with Crippen molar-refractivity contribution < 1.29 is 13.9 Å². The molecule has 1 aliphatic carbocycles. The van der Waals surface area contributed by atoms with Crippen molar-refractivity contribution in [3.63, 3.8) is 0 Å². The van der Waals surface area contributed by atoms with E-state index in [-0.39, 0.29) is 11.8 Å². The van der Waals surface area contributed by atoms with Crippen LogP contribution in [0.15, 0.2) is 16.5 Å². The molecule has 1 atom stereocenters. The summed E-state index contributed by atoms with van der Waals surface area (Å²) in [6.07, 6.45) is 4.98. The van der Waals surface area contributed by atoms with E-state index in [0.717, 1.165) is 18.2 Å². The quantitative estimate of drug-likeness (QED) is 0.838. The van der Waals surface area contributed by atoms with Crippen molar-refractivity contribution in [3.8, 4) is 0 Å². The van der Waals surface area contributed by atoms with Crippen molar-refractivity contribution in [2.45, 2.75) is 45.6 Å². The van der Waals surface area contributed by atoms with E-state index in [2.05, 4.69) is 19.2 Å². The zero-order valence-corrected chi connectivity index (χ0v) is 12.6. The SMILES string of the molecule is CCNC(c1ccc(C(=O)OC)o1)C1CCC(C)CC1. The third-order valence-electron chi connectivity index (χ3n) is 4.28. The minimum absolute atomic E-state index is 0.200. The summed E-state index contributed by atoms with van der Waals surface area (Å²) < 4.78 is 10.4. The molecule has 0 saturated heterocycles. The minimum atomic E-state index is -0.413. The molecule has 0 aromatic carbocycles. The molecule has 0 aliphatic heterocycles. The molecule has 1 fully saturated rings. The van der Waals surface area contributed by atoms with Crippen LogP contribution in [0.3, 0.4) is 0 Å². The van der Waals surface area contributed by atoms with Crippen LogP contribution in [0, 0.1) is 11.8 Å². The summed E-state index contributed by atoms with van der Waals surface area (Å²) in [5.74, 6) is 2.14. The lowest BCUT2D eigenvalue weighted by Crippen LogP contribution is -2.30. The average molecular weight is 279 g/mol. The number of esters is 1. The van der Waals surface area contributed by atoms with E-state index in [1.165, 1.54) is 32.8 Å². The zero-order valence-electron chi connectivity index (χ0n) is 12.6. The molecule has 1 unspecified atom stereocenters. The molecule has 2 rings (SSSR count). The first kappa shape index (κ1) is 15.1. The molecule has 1 heterocycles. The van der Waals surface area contributed by atoms with E-state index in [9.17, 15) is 4.79 Å². The van der Waals surface area contributed by atoms with Crippen molar-refractivity contribution in [3.05, 3.63) is 23.7 Å². The number of ether oxygens (including phenoxy) is 1. The fourth-order valence-electron chi connectivity index (χ4n) is 3.07. The van der Waals surface area contributed by atoms with Crippen molar-refractivity contribution >= 4 is 5.97 Å². The molecule has 112 valence electrons. The third-order valence-corrected chi connectivity index (χ3v) is 4.28. The van der Waals surface area contributed by atoms with E-state index >= 15 is 0 Å². The van der Waals surface area contributed by atoms with Gasteiger partial charge in [0.1, 0.15) is 5.76 Å².